The SMILES string of the molecule is CN(C(=O)c1ccccc1I)c1ccncc1N. The van der Waals surface area contributed by atoms with Gasteiger partial charge in [-0.25, -0.2) is 0 Å². The van der Waals surface area contributed by atoms with Crippen LogP contribution in [0.25, 0.3) is 0 Å². The molecule has 2 rings (SSSR count). The van der Waals surface area contributed by atoms with Crippen molar-refractivity contribution in [2.45, 2.75) is 0 Å². The maximum Gasteiger partial charge on any atom is 0.259 e. The second-order valence-corrected chi connectivity index (χ2v) is 4.94. The number of hydrogen-bond acceptors (Lipinski definition) is 3. The molecule has 0 aliphatic rings. The molecule has 5 heteroatoms. The second-order valence-electron chi connectivity index (χ2n) is 3.78. The van der Waals surface area contributed by atoms with Gasteiger partial charge in [0.15, 0.2) is 0 Å². The molecule has 1 heterocycles. The second kappa shape index (κ2) is 5.34. The molecular formula is C13H12IN3O. The molecule has 2 N–H and O–H groups in total. The van der Waals surface area contributed by atoms with Crippen molar-refractivity contribution in [2.75, 3.05) is 17.7 Å². The van der Waals surface area contributed by atoms with Gasteiger partial charge in [0.25, 0.3) is 5.91 Å². The highest BCUT2D eigenvalue weighted by molar-refractivity contribution is 14.1. The fourth-order valence-electron chi connectivity index (χ4n) is 1.63. The molecule has 0 saturated heterocycles. The summed E-state index contributed by atoms with van der Waals surface area (Å²) in [6, 6.07) is 9.18. The van der Waals surface area contributed by atoms with Crippen molar-refractivity contribution in [3.8, 4) is 0 Å². The first-order valence-electron chi connectivity index (χ1n) is 5.33. The number of halogens is 1. The summed E-state index contributed by atoms with van der Waals surface area (Å²) in [7, 11) is 1.71. The van der Waals surface area contributed by atoms with Crippen molar-refractivity contribution >= 4 is 39.9 Å². The molecule has 0 unspecified atom stereocenters. The fraction of sp³-hybridized carbons (Fsp3) is 0.0769. The van der Waals surface area contributed by atoms with Gasteiger partial charge in [-0.1, -0.05) is 12.1 Å². The number of carbonyl (C=O) groups excluding carboxylic acids is 1. The van der Waals surface area contributed by atoms with Crippen molar-refractivity contribution in [3.05, 3.63) is 51.9 Å². The summed E-state index contributed by atoms with van der Waals surface area (Å²) < 4.78 is 0.916. The van der Waals surface area contributed by atoms with Crippen LogP contribution in [-0.2, 0) is 0 Å². The lowest BCUT2D eigenvalue weighted by molar-refractivity contribution is 0.0992. The van der Waals surface area contributed by atoms with Crippen LogP contribution in [0.15, 0.2) is 42.7 Å². The highest BCUT2D eigenvalue weighted by Gasteiger charge is 2.17. The summed E-state index contributed by atoms with van der Waals surface area (Å²) in [5.74, 6) is -0.0853. The Hall–Kier alpha value is -1.63. The summed E-state index contributed by atoms with van der Waals surface area (Å²) >= 11 is 2.15. The minimum atomic E-state index is -0.0853. The Labute approximate surface area is 119 Å². The summed E-state index contributed by atoms with van der Waals surface area (Å²) in [5.41, 5.74) is 7.63. The number of aromatic nitrogens is 1. The number of nitrogen functional groups attached to an aromatic ring is 1. The first-order valence-corrected chi connectivity index (χ1v) is 6.41. The van der Waals surface area contributed by atoms with E-state index >= 15 is 0 Å². The van der Waals surface area contributed by atoms with E-state index < -0.39 is 0 Å². The van der Waals surface area contributed by atoms with Gasteiger partial charge >= 0.3 is 0 Å². The highest BCUT2D eigenvalue weighted by Crippen LogP contribution is 2.23. The molecule has 0 aliphatic heterocycles. The van der Waals surface area contributed by atoms with E-state index in [-0.39, 0.29) is 5.91 Å². The van der Waals surface area contributed by atoms with Crippen LogP contribution in [0.5, 0.6) is 0 Å². The molecule has 1 aromatic heterocycles. The minimum absolute atomic E-state index is 0.0853. The van der Waals surface area contributed by atoms with Crippen LogP contribution in [0.1, 0.15) is 10.4 Å². The van der Waals surface area contributed by atoms with Gasteiger partial charge in [0, 0.05) is 16.8 Å². The van der Waals surface area contributed by atoms with Crippen LogP contribution in [0.4, 0.5) is 11.4 Å². The summed E-state index contributed by atoms with van der Waals surface area (Å²) in [5, 5.41) is 0. The number of nitrogens with zero attached hydrogens (tertiary/aromatic N) is 2. The van der Waals surface area contributed by atoms with Crippen LogP contribution in [-0.4, -0.2) is 17.9 Å². The Morgan fingerprint density at radius 2 is 2.06 bits per heavy atom. The molecule has 1 amide bonds. The first-order chi connectivity index (χ1) is 8.61. The number of pyridine rings is 1. The molecule has 0 atom stereocenters. The monoisotopic (exact) mass is 353 g/mol. The summed E-state index contributed by atoms with van der Waals surface area (Å²) in [6.45, 7) is 0. The summed E-state index contributed by atoms with van der Waals surface area (Å²) in [6.07, 6.45) is 3.15. The Morgan fingerprint density at radius 3 is 2.72 bits per heavy atom. The van der Waals surface area contributed by atoms with Crippen LogP contribution < -0.4 is 10.6 Å². The van der Waals surface area contributed by atoms with E-state index in [4.69, 9.17) is 5.73 Å². The third-order valence-electron chi connectivity index (χ3n) is 2.60. The average Bonchev–Trinajstić information content (AvgIpc) is 2.38. The standard InChI is InChI=1S/C13H12IN3O/c1-17(12-6-7-16-8-11(12)15)13(18)9-4-2-3-5-10(9)14/h2-8H,15H2,1H3. The van der Waals surface area contributed by atoms with Crippen LogP contribution in [0, 0.1) is 3.57 Å². The number of benzene rings is 1. The Balaban J connectivity index is 2.36. The van der Waals surface area contributed by atoms with E-state index in [1.54, 1.807) is 25.4 Å². The predicted molar refractivity (Wildman–Crippen MR) is 80.5 cm³/mol. The quantitative estimate of drug-likeness (QED) is 0.845. The van der Waals surface area contributed by atoms with Crippen molar-refractivity contribution in [1.82, 2.24) is 4.98 Å². The Bertz CT molecular complexity index is 586. The number of hydrogen-bond donors (Lipinski definition) is 1. The smallest absolute Gasteiger partial charge is 0.259 e. The zero-order chi connectivity index (χ0) is 13.1. The van der Waals surface area contributed by atoms with E-state index in [1.165, 1.54) is 11.1 Å². The van der Waals surface area contributed by atoms with E-state index in [2.05, 4.69) is 27.6 Å². The third-order valence-corrected chi connectivity index (χ3v) is 3.54. The van der Waals surface area contributed by atoms with Crippen molar-refractivity contribution < 1.29 is 4.79 Å². The molecule has 0 spiro atoms. The molecule has 4 nitrogen and oxygen atoms in total. The number of amides is 1. The summed E-state index contributed by atoms with van der Waals surface area (Å²) in [4.78, 5) is 17.8. The van der Waals surface area contributed by atoms with E-state index in [0.29, 0.717) is 16.9 Å². The van der Waals surface area contributed by atoms with Crippen molar-refractivity contribution in [3.63, 3.8) is 0 Å². The maximum atomic E-state index is 12.4. The van der Waals surface area contributed by atoms with Gasteiger partial charge in [-0.3, -0.25) is 9.78 Å². The van der Waals surface area contributed by atoms with Gasteiger partial charge in [0.2, 0.25) is 0 Å². The topological polar surface area (TPSA) is 59.2 Å². The van der Waals surface area contributed by atoms with Crippen LogP contribution in [0.2, 0.25) is 0 Å². The lowest BCUT2D eigenvalue weighted by atomic mass is 10.2. The lowest BCUT2D eigenvalue weighted by Gasteiger charge is -2.19. The van der Waals surface area contributed by atoms with E-state index in [9.17, 15) is 4.79 Å². The first kappa shape index (κ1) is 12.8. The molecular weight excluding hydrogens is 341 g/mol. The van der Waals surface area contributed by atoms with Crippen LogP contribution in [0.3, 0.4) is 0 Å². The van der Waals surface area contributed by atoms with Gasteiger partial charge in [-0.15, -0.1) is 0 Å². The molecule has 2 aromatic rings. The maximum absolute atomic E-state index is 12.4. The zero-order valence-electron chi connectivity index (χ0n) is 9.80. The van der Waals surface area contributed by atoms with Crippen molar-refractivity contribution in [1.29, 1.82) is 0 Å². The largest absolute Gasteiger partial charge is 0.396 e. The van der Waals surface area contributed by atoms with Gasteiger partial charge in [-0.2, -0.15) is 0 Å². The van der Waals surface area contributed by atoms with Gasteiger partial charge < -0.3 is 10.6 Å². The normalized spacial score (nSPS) is 10.1. The zero-order valence-corrected chi connectivity index (χ0v) is 12.0. The van der Waals surface area contributed by atoms with Gasteiger partial charge in [-0.05, 0) is 40.8 Å². The minimum Gasteiger partial charge on any atom is -0.396 e. The molecule has 0 aliphatic carbocycles. The number of nitrogens with two attached hydrogens (primary N) is 1. The van der Waals surface area contributed by atoms with Crippen LogP contribution >= 0.6 is 22.6 Å². The molecule has 0 fully saturated rings. The van der Waals surface area contributed by atoms with Crippen molar-refractivity contribution in [2.24, 2.45) is 0 Å². The highest BCUT2D eigenvalue weighted by atomic mass is 127. The lowest BCUT2D eigenvalue weighted by Crippen LogP contribution is -2.27. The molecule has 1 aromatic carbocycles. The number of rotatable bonds is 2. The Morgan fingerprint density at radius 1 is 1.33 bits per heavy atom. The van der Waals surface area contributed by atoms with E-state index in [1.807, 2.05) is 18.2 Å². The molecule has 18 heavy (non-hydrogen) atoms. The van der Waals surface area contributed by atoms with E-state index in [0.717, 1.165) is 3.57 Å². The average molecular weight is 353 g/mol. The van der Waals surface area contributed by atoms with Gasteiger partial charge in [0.1, 0.15) is 0 Å². The Kier molecular flexibility index (Phi) is 3.81. The molecule has 92 valence electrons. The molecule has 0 saturated carbocycles. The molecule has 0 bridgehead atoms. The third kappa shape index (κ3) is 2.45. The number of carbonyl (C=O) groups is 1. The van der Waals surface area contributed by atoms with Gasteiger partial charge in [0.05, 0.1) is 23.1 Å². The predicted octanol–water partition coefficient (Wildman–Crippen LogP) is 2.54. The fourth-order valence-corrected chi connectivity index (χ4v) is 2.25. The molecule has 0 radical (unpaired) electrons. The number of anilines is 2.